The van der Waals surface area contributed by atoms with E-state index in [4.69, 9.17) is 16.3 Å². The van der Waals surface area contributed by atoms with E-state index in [0.717, 1.165) is 0 Å². The van der Waals surface area contributed by atoms with Crippen LogP contribution in [0.3, 0.4) is 0 Å². The first-order valence-corrected chi connectivity index (χ1v) is 7.26. The van der Waals surface area contributed by atoms with Crippen LogP contribution in [0.2, 0.25) is 0 Å². The highest BCUT2D eigenvalue weighted by atomic mass is 79.9. The van der Waals surface area contributed by atoms with Crippen LogP contribution in [-0.4, -0.2) is 26.6 Å². The summed E-state index contributed by atoms with van der Waals surface area (Å²) in [6.45, 7) is 0. The molecule has 21 heavy (non-hydrogen) atoms. The molecule has 2 heterocycles. The third kappa shape index (κ3) is 2.36. The van der Waals surface area contributed by atoms with Crippen molar-refractivity contribution >= 4 is 38.7 Å². The van der Waals surface area contributed by atoms with Crippen molar-refractivity contribution in [1.29, 1.82) is 0 Å². The summed E-state index contributed by atoms with van der Waals surface area (Å²) in [6.07, 6.45) is 1.34. The van der Waals surface area contributed by atoms with Gasteiger partial charge >= 0.3 is 0 Å². The molecule has 8 heteroatoms. The van der Waals surface area contributed by atoms with E-state index in [1.165, 1.54) is 19.5 Å². The molecule has 0 amide bonds. The summed E-state index contributed by atoms with van der Waals surface area (Å²) in [5, 5.41) is 0. The normalized spacial score (nSPS) is 11.0. The number of hydrogen-bond acceptors (Lipinski definition) is 4. The molecule has 3 aromatic rings. The van der Waals surface area contributed by atoms with Crippen molar-refractivity contribution in [3.63, 3.8) is 0 Å². The highest BCUT2D eigenvalue weighted by molar-refractivity contribution is 9.10. The fourth-order valence-corrected chi connectivity index (χ4v) is 2.58. The molecule has 0 aliphatic rings. The molecule has 0 radical (unpaired) electrons. The van der Waals surface area contributed by atoms with Crippen LogP contribution < -0.4 is 4.74 Å². The molecule has 0 saturated heterocycles. The van der Waals surface area contributed by atoms with Gasteiger partial charge in [-0.3, -0.25) is 4.57 Å². The van der Waals surface area contributed by atoms with Gasteiger partial charge in [-0.1, -0.05) is 15.9 Å². The van der Waals surface area contributed by atoms with Gasteiger partial charge in [-0.25, -0.2) is 14.4 Å². The number of methoxy groups -OCH3 is 1. The lowest BCUT2D eigenvalue weighted by molar-refractivity contribution is 0.401. The summed E-state index contributed by atoms with van der Waals surface area (Å²) >= 11 is 9.16. The molecule has 0 fully saturated rings. The zero-order valence-corrected chi connectivity index (χ0v) is 13.2. The first-order valence-electron chi connectivity index (χ1n) is 5.93. The van der Waals surface area contributed by atoms with Crippen LogP contribution in [0.5, 0.6) is 5.88 Å². The van der Waals surface area contributed by atoms with Crippen molar-refractivity contribution in [1.82, 2.24) is 19.5 Å². The van der Waals surface area contributed by atoms with Crippen molar-refractivity contribution < 1.29 is 9.13 Å². The second-order valence-electron chi connectivity index (χ2n) is 4.15. The predicted octanol–water partition coefficient (Wildman–Crippen LogP) is 3.46. The van der Waals surface area contributed by atoms with Gasteiger partial charge < -0.3 is 4.74 Å². The standard InChI is InChI=1S/C13H9BrClFN4O/c1-21-13-11-12(17-6-18-13)20(10(5-15)19-11)9-3-2-7(14)4-8(9)16/h2-4,6H,5H2,1H3. The van der Waals surface area contributed by atoms with Gasteiger partial charge in [0.2, 0.25) is 5.88 Å². The highest BCUT2D eigenvalue weighted by Gasteiger charge is 2.19. The van der Waals surface area contributed by atoms with E-state index in [-0.39, 0.29) is 5.88 Å². The maximum absolute atomic E-state index is 14.2. The second kappa shape index (κ2) is 5.57. The van der Waals surface area contributed by atoms with Gasteiger partial charge in [-0.05, 0) is 18.2 Å². The van der Waals surface area contributed by atoms with Gasteiger partial charge in [0.15, 0.2) is 11.2 Å². The smallest absolute Gasteiger partial charge is 0.245 e. The minimum Gasteiger partial charge on any atom is -0.479 e. The van der Waals surface area contributed by atoms with E-state index in [1.54, 1.807) is 16.7 Å². The SMILES string of the molecule is COc1ncnc2c1nc(CCl)n2-c1ccc(Br)cc1F. The minimum absolute atomic E-state index is 0.106. The lowest BCUT2D eigenvalue weighted by Crippen LogP contribution is -2.03. The van der Waals surface area contributed by atoms with Crippen LogP contribution in [-0.2, 0) is 5.88 Å². The number of rotatable bonds is 3. The Morgan fingerprint density at radius 2 is 2.19 bits per heavy atom. The number of nitrogens with zero attached hydrogens (tertiary/aromatic N) is 4. The summed E-state index contributed by atoms with van der Waals surface area (Å²) in [5.74, 6) is 0.483. The predicted molar refractivity (Wildman–Crippen MR) is 80.4 cm³/mol. The minimum atomic E-state index is -0.410. The van der Waals surface area contributed by atoms with E-state index < -0.39 is 5.82 Å². The molecule has 108 valence electrons. The van der Waals surface area contributed by atoms with Crippen molar-refractivity contribution in [2.24, 2.45) is 0 Å². The molecule has 0 saturated carbocycles. The first kappa shape index (κ1) is 14.2. The number of aromatic nitrogens is 4. The number of benzene rings is 1. The molecule has 3 rings (SSSR count). The molecule has 0 N–H and O–H groups in total. The molecule has 5 nitrogen and oxygen atoms in total. The summed E-state index contributed by atoms with van der Waals surface area (Å²) < 4.78 is 21.6. The molecule has 0 aliphatic carbocycles. The molecule has 1 aromatic carbocycles. The maximum Gasteiger partial charge on any atom is 0.245 e. The van der Waals surface area contributed by atoms with Crippen molar-refractivity contribution in [3.05, 3.63) is 40.6 Å². The number of halogens is 3. The van der Waals surface area contributed by atoms with Crippen molar-refractivity contribution in [2.45, 2.75) is 5.88 Å². The number of alkyl halides is 1. The van der Waals surface area contributed by atoms with Crippen LogP contribution in [0.25, 0.3) is 16.9 Å². The van der Waals surface area contributed by atoms with E-state index in [9.17, 15) is 4.39 Å². The fraction of sp³-hybridized carbons (Fsp3) is 0.154. The fourth-order valence-electron chi connectivity index (χ4n) is 2.07. The summed E-state index contributed by atoms with van der Waals surface area (Å²) in [5.41, 5.74) is 1.20. The lowest BCUT2D eigenvalue weighted by atomic mass is 10.3. The van der Waals surface area contributed by atoms with Gasteiger partial charge in [0.1, 0.15) is 18.0 Å². The summed E-state index contributed by atoms with van der Waals surface area (Å²) in [7, 11) is 1.49. The second-order valence-corrected chi connectivity index (χ2v) is 5.33. The van der Waals surface area contributed by atoms with E-state index in [2.05, 4.69) is 30.9 Å². The molecule has 2 aromatic heterocycles. The lowest BCUT2D eigenvalue weighted by Gasteiger charge is -2.08. The number of hydrogen-bond donors (Lipinski definition) is 0. The average Bonchev–Trinajstić information content (AvgIpc) is 2.85. The number of imidazole rings is 1. The average molecular weight is 372 g/mol. The summed E-state index contributed by atoms with van der Waals surface area (Å²) in [4.78, 5) is 12.5. The number of ether oxygens (including phenoxy) is 1. The molecular weight excluding hydrogens is 363 g/mol. The van der Waals surface area contributed by atoms with Gasteiger partial charge in [-0.15, -0.1) is 11.6 Å². The zero-order chi connectivity index (χ0) is 15.0. The monoisotopic (exact) mass is 370 g/mol. The van der Waals surface area contributed by atoms with Crippen LogP contribution in [0.4, 0.5) is 4.39 Å². The van der Waals surface area contributed by atoms with Crippen LogP contribution in [0.15, 0.2) is 29.0 Å². The molecule has 0 unspecified atom stereocenters. The molecule has 0 aliphatic heterocycles. The molecule has 0 spiro atoms. The van der Waals surface area contributed by atoms with Crippen LogP contribution >= 0.6 is 27.5 Å². The van der Waals surface area contributed by atoms with Gasteiger partial charge in [-0.2, -0.15) is 4.98 Å². The van der Waals surface area contributed by atoms with Gasteiger partial charge in [0.25, 0.3) is 0 Å². The third-order valence-corrected chi connectivity index (χ3v) is 3.68. The Kier molecular flexibility index (Phi) is 3.77. The van der Waals surface area contributed by atoms with E-state index >= 15 is 0 Å². The topological polar surface area (TPSA) is 52.8 Å². The van der Waals surface area contributed by atoms with E-state index in [0.29, 0.717) is 33.0 Å². The van der Waals surface area contributed by atoms with Crippen molar-refractivity contribution in [3.8, 4) is 11.6 Å². The maximum atomic E-state index is 14.2. The molecular formula is C13H9BrClFN4O. The Labute approximate surface area is 132 Å². The molecule has 0 bridgehead atoms. The Balaban J connectivity index is 2.35. The Hall–Kier alpha value is -1.73. The molecule has 0 atom stereocenters. The Bertz CT molecular complexity index is 823. The Morgan fingerprint density at radius 3 is 2.86 bits per heavy atom. The summed E-state index contributed by atoms with van der Waals surface area (Å²) in [6, 6.07) is 4.74. The van der Waals surface area contributed by atoms with Gasteiger partial charge in [0.05, 0.1) is 18.7 Å². The van der Waals surface area contributed by atoms with Crippen molar-refractivity contribution in [2.75, 3.05) is 7.11 Å². The third-order valence-electron chi connectivity index (χ3n) is 2.94. The quantitative estimate of drug-likeness (QED) is 0.662. The zero-order valence-electron chi connectivity index (χ0n) is 10.8. The van der Waals surface area contributed by atoms with Crippen LogP contribution in [0, 0.1) is 5.82 Å². The van der Waals surface area contributed by atoms with E-state index in [1.807, 2.05) is 0 Å². The van der Waals surface area contributed by atoms with Gasteiger partial charge in [0, 0.05) is 4.47 Å². The van der Waals surface area contributed by atoms with Crippen LogP contribution in [0.1, 0.15) is 5.82 Å². The first-order chi connectivity index (χ1) is 10.2. The largest absolute Gasteiger partial charge is 0.479 e. The number of fused-ring (bicyclic) bond motifs is 1. The highest BCUT2D eigenvalue weighted by Crippen LogP contribution is 2.28. The Morgan fingerprint density at radius 1 is 1.38 bits per heavy atom.